The molecule has 1 aliphatic rings. The Balaban J connectivity index is 2.01. The standard InChI is InChI=1S/C17H27NO/c1-2-14-8-10-17(13-18,11-9-14)16(19)12-15-6-4-3-5-7-15/h3-7,14,16,19H,2,8-13,18H2,1H3. The molecule has 0 bridgehead atoms. The second kappa shape index (κ2) is 6.53. The summed E-state index contributed by atoms with van der Waals surface area (Å²) in [6.45, 7) is 2.87. The summed E-state index contributed by atoms with van der Waals surface area (Å²) in [6, 6.07) is 10.3. The second-order valence-corrected chi connectivity index (χ2v) is 6.12. The molecule has 0 amide bonds. The third-order valence-electron chi connectivity index (χ3n) is 5.06. The van der Waals surface area contributed by atoms with E-state index in [4.69, 9.17) is 5.73 Å². The number of aliphatic hydroxyl groups is 1. The third-order valence-corrected chi connectivity index (χ3v) is 5.06. The topological polar surface area (TPSA) is 46.2 Å². The van der Waals surface area contributed by atoms with Gasteiger partial charge in [-0.3, -0.25) is 0 Å². The molecule has 1 atom stereocenters. The molecular weight excluding hydrogens is 234 g/mol. The van der Waals surface area contributed by atoms with Gasteiger partial charge in [-0.15, -0.1) is 0 Å². The zero-order chi connectivity index (χ0) is 13.7. The van der Waals surface area contributed by atoms with Crippen molar-refractivity contribution in [2.24, 2.45) is 17.1 Å². The number of hydrogen-bond donors (Lipinski definition) is 2. The number of hydrogen-bond acceptors (Lipinski definition) is 2. The predicted molar refractivity (Wildman–Crippen MR) is 79.9 cm³/mol. The Morgan fingerprint density at radius 1 is 1.26 bits per heavy atom. The molecule has 106 valence electrons. The van der Waals surface area contributed by atoms with Gasteiger partial charge in [-0.05, 0) is 43.6 Å². The van der Waals surface area contributed by atoms with E-state index in [1.807, 2.05) is 18.2 Å². The zero-order valence-electron chi connectivity index (χ0n) is 12.0. The highest BCUT2D eigenvalue weighted by molar-refractivity contribution is 5.16. The van der Waals surface area contributed by atoms with Crippen molar-refractivity contribution in [1.29, 1.82) is 0 Å². The average Bonchev–Trinajstić information content (AvgIpc) is 2.48. The van der Waals surface area contributed by atoms with Crippen LogP contribution in [0, 0.1) is 11.3 Å². The Labute approximate surface area is 117 Å². The average molecular weight is 261 g/mol. The zero-order valence-corrected chi connectivity index (χ0v) is 12.0. The first-order valence-electron chi connectivity index (χ1n) is 7.62. The summed E-state index contributed by atoms with van der Waals surface area (Å²) in [6.07, 6.45) is 6.28. The molecule has 2 rings (SSSR count). The van der Waals surface area contributed by atoms with E-state index in [-0.39, 0.29) is 11.5 Å². The molecule has 0 spiro atoms. The Morgan fingerprint density at radius 2 is 1.89 bits per heavy atom. The fourth-order valence-electron chi connectivity index (χ4n) is 3.39. The van der Waals surface area contributed by atoms with Crippen LogP contribution in [0.3, 0.4) is 0 Å². The van der Waals surface area contributed by atoms with Crippen molar-refractivity contribution >= 4 is 0 Å². The smallest absolute Gasteiger partial charge is 0.0648 e. The van der Waals surface area contributed by atoms with Crippen LogP contribution in [0.15, 0.2) is 30.3 Å². The van der Waals surface area contributed by atoms with Gasteiger partial charge in [0.2, 0.25) is 0 Å². The van der Waals surface area contributed by atoms with Gasteiger partial charge < -0.3 is 10.8 Å². The molecule has 1 saturated carbocycles. The van der Waals surface area contributed by atoms with E-state index < -0.39 is 0 Å². The lowest BCUT2D eigenvalue weighted by Gasteiger charge is -2.42. The molecule has 2 nitrogen and oxygen atoms in total. The van der Waals surface area contributed by atoms with Gasteiger partial charge in [0.15, 0.2) is 0 Å². The van der Waals surface area contributed by atoms with Gasteiger partial charge in [0.1, 0.15) is 0 Å². The van der Waals surface area contributed by atoms with Crippen LogP contribution >= 0.6 is 0 Å². The lowest BCUT2D eigenvalue weighted by molar-refractivity contribution is -0.00785. The SMILES string of the molecule is CCC1CCC(CN)(C(O)Cc2ccccc2)CC1. The Bertz CT molecular complexity index is 368. The summed E-state index contributed by atoms with van der Waals surface area (Å²) in [5, 5.41) is 10.7. The molecule has 1 aliphatic carbocycles. The van der Waals surface area contributed by atoms with Gasteiger partial charge in [0, 0.05) is 12.0 Å². The van der Waals surface area contributed by atoms with Crippen LogP contribution in [-0.4, -0.2) is 17.8 Å². The van der Waals surface area contributed by atoms with Gasteiger partial charge in [-0.25, -0.2) is 0 Å². The molecule has 0 aliphatic heterocycles. The molecule has 1 unspecified atom stereocenters. The van der Waals surface area contributed by atoms with Gasteiger partial charge in [0.05, 0.1) is 6.10 Å². The predicted octanol–water partition coefficient (Wildman–Crippen LogP) is 3.14. The highest BCUT2D eigenvalue weighted by Crippen LogP contribution is 2.42. The molecule has 1 aromatic carbocycles. The first-order valence-corrected chi connectivity index (χ1v) is 7.62. The fourth-order valence-corrected chi connectivity index (χ4v) is 3.39. The summed E-state index contributed by atoms with van der Waals surface area (Å²) in [4.78, 5) is 0. The van der Waals surface area contributed by atoms with E-state index in [9.17, 15) is 5.11 Å². The van der Waals surface area contributed by atoms with Crippen LogP contribution in [0.2, 0.25) is 0 Å². The largest absolute Gasteiger partial charge is 0.392 e. The summed E-state index contributed by atoms with van der Waals surface area (Å²) in [7, 11) is 0. The molecule has 19 heavy (non-hydrogen) atoms. The Kier molecular flexibility index (Phi) is 5.00. The van der Waals surface area contributed by atoms with Crippen LogP contribution in [0.25, 0.3) is 0 Å². The van der Waals surface area contributed by atoms with Gasteiger partial charge in [-0.2, -0.15) is 0 Å². The molecule has 0 saturated heterocycles. The summed E-state index contributed by atoms with van der Waals surface area (Å²) in [5.74, 6) is 0.837. The van der Waals surface area contributed by atoms with Crippen molar-refractivity contribution in [1.82, 2.24) is 0 Å². The number of aliphatic hydroxyl groups excluding tert-OH is 1. The van der Waals surface area contributed by atoms with E-state index in [0.29, 0.717) is 6.54 Å². The molecule has 0 aromatic heterocycles. The van der Waals surface area contributed by atoms with E-state index in [2.05, 4.69) is 19.1 Å². The highest BCUT2D eigenvalue weighted by Gasteiger charge is 2.39. The van der Waals surface area contributed by atoms with Crippen LogP contribution < -0.4 is 5.73 Å². The minimum atomic E-state index is -0.308. The first-order chi connectivity index (χ1) is 9.20. The maximum absolute atomic E-state index is 10.7. The molecule has 2 heteroatoms. The van der Waals surface area contributed by atoms with Crippen LogP contribution in [0.1, 0.15) is 44.6 Å². The first kappa shape index (κ1) is 14.5. The van der Waals surface area contributed by atoms with Crippen LogP contribution in [0.5, 0.6) is 0 Å². The van der Waals surface area contributed by atoms with Gasteiger partial charge in [0.25, 0.3) is 0 Å². The van der Waals surface area contributed by atoms with Crippen molar-refractivity contribution in [3.63, 3.8) is 0 Å². The number of benzene rings is 1. The normalized spacial score (nSPS) is 29.1. The number of nitrogens with two attached hydrogens (primary N) is 1. The van der Waals surface area contributed by atoms with Gasteiger partial charge >= 0.3 is 0 Å². The van der Waals surface area contributed by atoms with E-state index in [1.165, 1.54) is 24.8 Å². The van der Waals surface area contributed by atoms with Gasteiger partial charge in [-0.1, -0.05) is 43.7 Å². The van der Waals surface area contributed by atoms with Crippen molar-refractivity contribution in [2.45, 2.75) is 51.6 Å². The minimum Gasteiger partial charge on any atom is -0.392 e. The van der Waals surface area contributed by atoms with E-state index >= 15 is 0 Å². The molecule has 1 fully saturated rings. The maximum Gasteiger partial charge on any atom is 0.0648 e. The lowest BCUT2D eigenvalue weighted by atomic mass is 9.66. The molecule has 0 heterocycles. The molecule has 3 N–H and O–H groups in total. The third kappa shape index (κ3) is 3.37. The summed E-state index contributed by atoms with van der Waals surface area (Å²) >= 11 is 0. The van der Waals surface area contributed by atoms with Crippen molar-refractivity contribution in [3.05, 3.63) is 35.9 Å². The highest BCUT2D eigenvalue weighted by atomic mass is 16.3. The number of rotatable bonds is 5. The van der Waals surface area contributed by atoms with Crippen molar-refractivity contribution in [2.75, 3.05) is 6.54 Å². The van der Waals surface area contributed by atoms with E-state index in [0.717, 1.165) is 25.2 Å². The Morgan fingerprint density at radius 3 is 2.42 bits per heavy atom. The molecular formula is C17H27NO. The fraction of sp³-hybridized carbons (Fsp3) is 0.647. The molecule has 1 aromatic rings. The lowest BCUT2D eigenvalue weighted by Crippen LogP contribution is -2.45. The van der Waals surface area contributed by atoms with Crippen LogP contribution in [-0.2, 0) is 6.42 Å². The van der Waals surface area contributed by atoms with E-state index in [1.54, 1.807) is 0 Å². The van der Waals surface area contributed by atoms with Crippen LogP contribution in [0.4, 0.5) is 0 Å². The van der Waals surface area contributed by atoms with Crippen molar-refractivity contribution in [3.8, 4) is 0 Å². The Hall–Kier alpha value is -0.860. The summed E-state index contributed by atoms with van der Waals surface area (Å²) < 4.78 is 0. The minimum absolute atomic E-state index is 0.0541. The summed E-state index contributed by atoms with van der Waals surface area (Å²) in [5.41, 5.74) is 7.17. The maximum atomic E-state index is 10.7. The monoisotopic (exact) mass is 261 g/mol. The van der Waals surface area contributed by atoms with Crippen molar-refractivity contribution < 1.29 is 5.11 Å². The second-order valence-electron chi connectivity index (χ2n) is 6.12. The molecule has 0 radical (unpaired) electrons. The quantitative estimate of drug-likeness (QED) is 0.855.